The van der Waals surface area contributed by atoms with Gasteiger partial charge in [-0.3, -0.25) is 4.79 Å². The number of carbonyl (C=O) groups excluding carboxylic acids is 1. The Bertz CT molecular complexity index is 646. The predicted octanol–water partition coefficient (Wildman–Crippen LogP) is 4.82. The van der Waals surface area contributed by atoms with E-state index in [1.54, 1.807) is 37.1 Å². The van der Waals surface area contributed by atoms with Gasteiger partial charge in [-0.15, -0.1) is 11.8 Å². The van der Waals surface area contributed by atoms with Crippen molar-refractivity contribution in [1.82, 2.24) is 0 Å². The van der Waals surface area contributed by atoms with Gasteiger partial charge in [0.1, 0.15) is 5.75 Å². The molecule has 0 heterocycles. The normalized spacial score (nSPS) is 10.2. The van der Waals surface area contributed by atoms with Gasteiger partial charge in [-0.25, -0.2) is 0 Å². The van der Waals surface area contributed by atoms with Gasteiger partial charge >= 0.3 is 0 Å². The molecule has 1 N–H and O–H groups in total. The van der Waals surface area contributed by atoms with Crippen molar-refractivity contribution >= 4 is 39.3 Å². The van der Waals surface area contributed by atoms with Gasteiger partial charge in [0.25, 0.3) is 5.91 Å². The average molecular weight is 366 g/mol. The van der Waals surface area contributed by atoms with Crippen molar-refractivity contribution < 1.29 is 9.53 Å². The summed E-state index contributed by atoms with van der Waals surface area (Å²) < 4.78 is 5.93. The van der Waals surface area contributed by atoms with Crippen molar-refractivity contribution in [1.29, 1.82) is 0 Å². The summed E-state index contributed by atoms with van der Waals surface area (Å²) in [5.41, 5.74) is 1.42. The Morgan fingerprint density at radius 1 is 1.29 bits per heavy atom. The van der Waals surface area contributed by atoms with Gasteiger partial charge < -0.3 is 10.1 Å². The van der Waals surface area contributed by atoms with Crippen LogP contribution in [0.1, 0.15) is 17.3 Å². The van der Waals surface area contributed by atoms with Crippen LogP contribution in [0, 0.1) is 0 Å². The van der Waals surface area contributed by atoms with Crippen molar-refractivity contribution in [2.45, 2.75) is 11.8 Å². The minimum absolute atomic E-state index is 0.137. The van der Waals surface area contributed by atoms with Crippen molar-refractivity contribution in [2.24, 2.45) is 0 Å². The summed E-state index contributed by atoms with van der Waals surface area (Å²) in [5.74, 6) is 1.53. The molecule has 110 valence electrons. The number of hydrogen-bond acceptors (Lipinski definition) is 3. The Balaban J connectivity index is 2.20. The maximum atomic E-state index is 12.3. The van der Waals surface area contributed by atoms with E-state index in [1.807, 2.05) is 24.3 Å². The van der Waals surface area contributed by atoms with E-state index >= 15 is 0 Å². The maximum Gasteiger partial charge on any atom is 0.255 e. The SMILES string of the molecule is CCSc1ccccc1NC(=O)c1ccc(OC)c(Br)c1. The first-order valence-corrected chi connectivity index (χ1v) is 8.30. The second-order valence-corrected chi connectivity index (χ2v) is 6.39. The fourth-order valence-corrected chi connectivity index (χ4v) is 3.15. The summed E-state index contributed by atoms with van der Waals surface area (Å²) in [5, 5.41) is 2.95. The maximum absolute atomic E-state index is 12.3. The molecule has 0 aromatic heterocycles. The van der Waals surface area contributed by atoms with Crippen molar-refractivity contribution in [3.05, 3.63) is 52.5 Å². The van der Waals surface area contributed by atoms with Gasteiger partial charge in [0, 0.05) is 10.5 Å². The predicted molar refractivity (Wildman–Crippen MR) is 91.5 cm³/mol. The number of benzene rings is 2. The standard InChI is InChI=1S/C16H16BrNO2S/c1-3-21-15-7-5-4-6-13(15)18-16(19)11-8-9-14(20-2)12(17)10-11/h4-10H,3H2,1-2H3,(H,18,19). The highest BCUT2D eigenvalue weighted by Crippen LogP contribution is 2.28. The van der Waals surface area contributed by atoms with Crippen LogP contribution in [0.3, 0.4) is 0 Å². The Labute approximate surface area is 137 Å². The monoisotopic (exact) mass is 365 g/mol. The molecule has 2 aromatic carbocycles. The Hall–Kier alpha value is -1.46. The Kier molecular flexibility index (Phi) is 5.70. The highest BCUT2D eigenvalue weighted by atomic mass is 79.9. The molecule has 21 heavy (non-hydrogen) atoms. The van der Waals surface area contributed by atoms with Crippen LogP contribution in [-0.4, -0.2) is 18.8 Å². The Morgan fingerprint density at radius 2 is 2.05 bits per heavy atom. The molecule has 0 aliphatic heterocycles. The molecule has 0 radical (unpaired) electrons. The molecule has 0 saturated heterocycles. The molecule has 0 unspecified atom stereocenters. The van der Waals surface area contributed by atoms with Gasteiger partial charge in [0.15, 0.2) is 0 Å². The summed E-state index contributed by atoms with van der Waals surface area (Å²) >= 11 is 5.10. The van der Waals surface area contributed by atoms with E-state index in [4.69, 9.17) is 4.74 Å². The third-order valence-corrected chi connectivity index (χ3v) is 4.42. The van der Waals surface area contributed by atoms with E-state index in [0.29, 0.717) is 11.3 Å². The number of thioether (sulfide) groups is 1. The summed E-state index contributed by atoms with van der Waals surface area (Å²) in [6.07, 6.45) is 0. The van der Waals surface area contributed by atoms with E-state index in [1.165, 1.54) is 0 Å². The first-order valence-electron chi connectivity index (χ1n) is 6.52. The van der Waals surface area contributed by atoms with Crippen molar-refractivity contribution in [2.75, 3.05) is 18.2 Å². The van der Waals surface area contributed by atoms with Crippen molar-refractivity contribution in [3.63, 3.8) is 0 Å². The van der Waals surface area contributed by atoms with E-state index in [0.717, 1.165) is 20.8 Å². The molecule has 0 aliphatic rings. The first kappa shape index (κ1) is 15.9. The summed E-state index contributed by atoms with van der Waals surface area (Å²) in [6.45, 7) is 2.09. The summed E-state index contributed by atoms with van der Waals surface area (Å²) in [4.78, 5) is 13.4. The number of rotatable bonds is 5. The van der Waals surface area contributed by atoms with Crippen LogP contribution in [0.25, 0.3) is 0 Å². The Morgan fingerprint density at radius 3 is 2.71 bits per heavy atom. The summed E-state index contributed by atoms with van der Waals surface area (Å²) in [7, 11) is 1.60. The van der Waals surface area contributed by atoms with E-state index in [2.05, 4.69) is 28.2 Å². The van der Waals surface area contributed by atoms with Crippen molar-refractivity contribution in [3.8, 4) is 5.75 Å². The molecule has 0 atom stereocenters. The lowest BCUT2D eigenvalue weighted by atomic mass is 10.2. The van der Waals surface area contributed by atoms with E-state index < -0.39 is 0 Å². The molecule has 2 aromatic rings. The van der Waals surface area contributed by atoms with Crippen LogP contribution in [0.2, 0.25) is 0 Å². The van der Waals surface area contributed by atoms with Crippen LogP contribution < -0.4 is 10.1 Å². The number of amides is 1. The second-order valence-electron chi connectivity index (χ2n) is 4.23. The molecule has 3 nitrogen and oxygen atoms in total. The number of methoxy groups -OCH3 is 1. The van der Waals surface area contributed by atoms with Crippen LogP contribution in [-0.2, 0) is 0 Å². The third kappa shape index (κ3) is 4.02. The number of anilines is 1. The number of ether oxygens (including phenoxy) is 1. The largest absolute Gasteiger partial charge is 0.496 e. The zero-order valence-corrected chi connectivity index (χ0v) is 14.3. The molecule has 0 aliphatic carbocycles. The molecule has 0 spiro atoms. The molecule has 0 bridgehead atoms. The molecule has 0 fully saturated rings. The smallest absolute Gasteiger partial charge is 0.255 e. The molecule has 2 rings (SSSR count). The van der Waals surface area contributed by atoms with Gasteiger partial charge in [-0.1, -0.05) is 19.1 Å². The molecular formula is C16H16BrNO2S. The van der Waals surface area contributed by atoms with Crippen LogP contribution in [0.5, 0.6) is 5.75 Å². The quantitative estimate of drug-likeness (QED) is 0.771. The number of nitrogens with one attached hydrogen (secondary N) is 1. The van der Waals surface area contributed by atoms with Crippen LogP contribution in [0.15, 0.2) is 51.8 Å². The van der Waals surface area contributed by atoms with Gasteiger partial charge in [0.05, 0.1) is 17.3 Å². The van der Waals surface area contributed by atoms with Gasteiger partial charge in [-0.2, -0.15) is 0 Å². The second kappa shape index (κ2) is 7.52. The van der Waals surface area contributed by atoms with Gasteiger partial charge in [-0.05, 0) is 52.0 Å². The fourth-order valence-electron chi connectivity index (χ4n) is 1.85. The highest BCUT2D eigenvalue weighted by molar-refractivity contribution is 9.10. The average Bonchev–Trinajstić information content (AvgIpc) is 2.49. The lowest BCUT2D eigenvalue weighted by Gasteiger charge is -2.11. The fraction of sp³-hybridized carbons (Fsp3) is 0.188. The zero-order valence-electron chi connectivity index (χ0n) is 11.9. The number of carbonyl (C=O) groups is 1. The van der Waals surface area contributed by atoms with Crippen LogP contribution >= 0.6 is 27.7 Å². The zero-order chi connectivity index (χ0) is 15.2. The number of halogens is 1. The molecule has 5 heteroatoms. The number of para-hydroxylation sites is 1. The number of hydrogen-bond donors (Lipinski definition) is 1. The molecule has 1 amide bonds. The minimum atomic E-state index is -0.137. The van der Waals surface area contributed by atoms with E-state index in [-0.39, 0.29) is 5.91 Å². The topological polar surface area (TPSA) is 38.3 Å². The first-order chi connectivity index (χ1) is 10.2. The van der Waals surface area contributed by atoms with Gasteiger partial charge in [0.2, 0.25) is 0 Å². The minimum Gasteiger partial charge on any atom is -0.496 e. The lowest BCUT2D eigenvalue weighted by Crippen LogP contribution is -2.12. The third-order valence-electron chi connectivity index (χ3n) is 2.85. The van der Waals surface area contributed by atoms with E-state index in [9.17, 15) is 4.79 Å². The molecule has 0 saturated carbocycles. The molecular weight excluding hydrogens is 350 g/mol. The lowest BCUT2D eigenvalue weighted by molar-refractivity contribution is 0.102. The summed E-state index contributed by atoms with van der Waals surface area (Å²) in [6, 6.07) is 13.1. The highest BCUT2D eigenvalue weighted by Gasteiger charge is 2.11. The van der Waals surface area contributed by atoms with Crippen LogP contribution in [0.4, 0.5) is 5.69 Å².